The molecule has 0 aromatic heterocycles. The van der Waals surface area contributed by atoms with Gasteiger partial charge in [0.2, 0.25) is 0 Å². The third-order valence-electron chi connectivity index (χ3n) is 9.63. The molecule has 0 radical (unpaired) electrons. The van der Waals surface area contributed by atoms with Crippen LogP contribution in [0.2, 0.25) is 0 Å². The molecule has 2 aliphatic rings. The highest BCUT2D eigenvalue weighted by atomic mass is 32.3. The van der Waals surface area contributed by atoms with Crippen molar-refractivity contribution >= 4 is 10.4 Å². The van der Waals surface area contributed by atoms with E-state index in [0.717, 1.165) is 50.5 Å². The SMILES string of the molecule is C=C1CCC2C(C)(C)CCCC2(C)C1CC(OS(=O)(=O)O)C(C)CCCC(C)=CCc1cc(O)ccc1O. The van der Waals surface area contributed by atoms with E-state index in [1.807, 2.05) is 19.9 Å². The highest BCUT2D eigenvalue weighted by molar-refractivity contribution is 7.80. The third kappa shape index (κ3) is 7.64. The quantitative estimate of drug-likeness (QED) is 0.148. The van der Waals surface area contributed by atoms with Crippen LogP contribution in [0.4, 0.5) is 0 Å². The molecule has 0 aliphatic heterocycles. The smallest absolute Gasteiger partial charge is 0.397 e. The zero-order valence-electron chi connectivity index (χ0n) is 23.9. The minimum absolute atomic E-state index is 0.0500. The zero-order valence-corrected chi connectivity index (χ0v) is 24.7. The van der Waals surface area contributed by atoms with Gasteiger partial charge in [-0.05, 0) is 111 Å². The molecule has 3 rings (SSSR count). The van der Waals surface area contributed by atoms with Crippen molar-refractivity contribution in [2.75, 3.05) is 0 Å². The van der Waals surface area contributed by atoms with Gasteiger partial charge in [0.1, 0.15) is 11.5 Å². The van der Waals surface area contributed by atoms with E-state index in [-0.39, 0.29) is 34.2 Å². The van der Waals surface area contributed by atoms with E-state index in [1.54, 1.807) is 6.07 Å². The lowest BCUT2D eigenvalue weighted by Crippen LogP contribution is -2.50. The molecule has 0 bridgehead atoms. The van der Waals surface area contributed by atoms with Crippen LogP contribution in [0, 0.1) is 28.6 Å². The molecule has 5 unspecified atom stereocenters. The van der Waals surface area contributed by atoms with Gasteiger partial charge in [-0.1, -0.05) is 57.9 Å². The van der Waals surface area contributed by atoms with Gasteiger partial charge in [-0.25, -0.2) is 4.18 Å². The Morgan fingerprint density at radius 3 is 2.63 bits per heavy atom. The van der Waals surface area contributed by atoms with E-state index < -0.39 is 16.5 Å². The monoisotopic (exact) mass is 548 g/mol. The Kier molecular flexibility index (Phi) is 9.81. The van der Waals surface area contributed by atoms with Gasteiger partial charge in [-0.15, -0.1) is 0 Å². The maximum absolute atomic E-state index is 11.9. The molecule has 3 N–H and O–H groups in total. The van der Waals surface area contributed by atoms with Crippen LogP contribution in [0.1, 0.15) is 98.0 Å². The molecule has 0 spiro atoms. The number of hydrogen-bond donors (Lipinski definition) is 3. The van der Waals surface area contributed by atoms with E-state index in [1.165, 1.54) is 24.1 Å². The van der Waals surface area contributed by atoms with Gasteiger partial charge in [0, 0.05) is 5.56 Å². The summed E-state index contributed by atoms with van der Waals surface area (Å²) in [5, 5.41) is 19.7. The van der Waals surface area contributed by atoms with E-state index in [4.69, 9.17) is 4.18 Å². The van der Waals surface area contributed by atoms with Gasteiger partial charge in [0.05, 0.1) is 6.10 Å². The lowest BCUT2D eigenvalue weighted by atomic mass is 9.47. The van der Waals surface area contributed by atoms with Gasteiger partial charge >= 0.3 is 10.4 Å². The first-order chi connectivity index (χ1) is 17.6. The summed E-state index contributed by atoms with van der Waals surface area (Å²) >= 11 is 0. The van der Waals surface area contributed by atoms with Crippen molar-refractivity contribution in [2.24, 2.45) is 28.6 Å². The number of aromatic hydroxyl groups is 2. The lowest BCUT2D eigenvalue weighted by molar-refractivity contribution is -0.0654. The van der Waals surface area contributed by atoms with E-state index in [0.29, 0.717) is 24.3 Å². The van der Waals surface area contributed by atoms with Crippen molar-refractivity contribution in [3.8, 4) is 11.5 Å². The van der Waals surface area contributed by atoms with Crippen molar-refractivity contribution < 1.29 is 27.4 Å². The second kappa shape index (κ2) is 12.1. The van der Waals surface area contributed by atoms with Crippen LogP contribution < -0.4 is 0 Å². The number of benzene rings is 1. The third-order valence-corrected chi connectivity index (χ3v) is 10.1. The molecule has 1 aromatic carbocycles. The average Bonchev–Trinajstić information content (AvgIpc) is 2.79. The molecule has 214 valence electrons. The summed E-state index contributed by atoms with van der Waals surface area (Å²) in [5.41, 5.74) is 3.31. The van der Waals surface area contributed by atoms with E-state index in [9.17, 15) is 23.2 Å². The zero-order chi connectivity index (χ0) is 28.3. The maximum Gasteiger partial charge on any atom is 0.397 e. The molecule has 2 aliphatic carbocycles. The van der Waals surface area contributed by atoms with Crippen LogP contribution in [0.15, 0.2) is 42.0 Å². The van der Waals surface area contributed by atoms with E-state index >= 15 is 0 Å². The highest BCUT2D eigenvalue weighted by Gasteiger charge is 2.53. The topological polar surface area (TPSA) is 104 Å². The predicted octanol–water partition coefficient (Wildman–Crippen LogP) is 7.77. The number of phenols is 2. The van der Waals surface area contributed by atoms with Crippen LogP contribution in [-0.4, -0.2) is 29.3 Å². The minimum Gasteiger partial charge on any atom is -0.508 e. The molecule has 38 heavy (non-hydrogen) atoms. The van der Waals surface area contributed by atoms with Crippen molar-refractivity contribution in [3.63, 3.8) is 0 Å². The summed E-state index contributed by atoms with van der Waals surface area (Å²) in [6, 6.07) is 4.51. The molecule has 0 amide bonds. The Bertz CT molecular complexity index is 1120. The molecule has 2 fully saturated rings. The number of hydrogen-bond acceptors (Lipinski definition) is 5. The fourth-order valence-electron chi connectivity index (χ4n) is 7.48. The lowest BCUT2D eigenvalue weighted by Gasteiger charge is -2.58. The van der Waals surface area contributed by atoms with Crippen molar-refractivity contribution in [1.29, 1.82) is 0 Å². The number of allylic oxidation sites excluding steroid dienone is 3. The fraction of sp³-hybridized carbons (Fsp3) is 0.677. The molecule has 5 atom stereocenters. The summed E-state index contributed by atoms with van der Waals surface area (Å²) in [5.74, 6) is 0.937. The average molecular weight is 549 g/mol. The fourth-order valence-corrected chi connectivity index (χ4v) is 8.06. The van der Waals surface area contributed by atoms with Crippen LogP contribution >= 0.6 is 0 Å². The van der Waals surface area contributed by atoms with Gasteiger partial charge in [-0.3, -0.25) is 4.55 Å². The van der Waals surface area contributed by atoms with Gasteiger partial charge in [0.25, 0.3) is 0 Å². The number of fused-ring (bicyclic) bond motifs is 1. The Labute approximate surface area is 230 Å². The summed E-state index contributed by atoms with van der Waals surface area (Å²) < 4.78 is 38.7. The normalized spacial score (nSPS) is 27.5. The number of phenolic OH excluding ortho intramolecular Hbond substituents is 2. The molecular weight excluding hydrogens is 500 g/mol. The maximum atomic E-state index is 11.9. The van der Waals surface area contributed by atoms with Gasteiger partial charge in [0.15, 0.2) is 0 Å². The summed E-state index contributed by atoms with van der Waals surface area (Å²) in [6.07, 6.45) is 10.5. The van der Waals surface area contributed by atoms with Crippen LogP contribution in [-0.2, 0) is 21.0 Å². The molecule has 0 saturated heterocycles. The van der Waals surface area contributed by atoms with Crippen LogP contribution in [0.25, 0.3) is 0 Å². The Hall–Kier alpha value is -1.83. The predicted molar refractivity (Wildman–Crippen MR) is 152 cm³/mol. The summed E-state index contributed by atoms with van der Waals surface area (Å²) in [4.78, 5) is 0. The van der Waals surface area contributed by atoms with E-state index in [2.05, 4.69) is 27.4 Å². The molecular formula is C31H48O6S. The highest BCUT2D eigenvalue weighted by Crippen LogP contribution is 2.62. The Morgan fingerprint density at radius 1 is 1.24 bits per heavy atom. The van der Waals surface area contributed by atoms with Crippen LogP contribution in [0.5, 0.6) is 11.5 Å². The molecule has 6 nitrogen and oxygen atoms in total. The van der Waals surface area contributed by atoms with Crippen LogP contribution in [0.3, 0.4) is 0 Å². The Balaban J connectivity index is 1.67. The molecule has 0 heterocycles. The van der Waals surface area contributed by atoms with Gasteiger partial charge < -0.3 is 10.2 Å². The van der Waals surface area contributed by atoms with Crippen molar-refractivity contribution in [1.82, 2.24) is 0 Å². The number of rotatable bonds is 11. The first kappa shape index (κ1) is 30.7. The first-order valence-corrected chi connectivity index (χ1v) is 15.5. The summed E-state index contributed by atoms with van der Waals surface area (Å²) in [6.45, 7) is 15.6. The molecule has 1 aromatic rings. The molecule has 2 saturated carbocycles. The second-order valence-electron chi connectivity index (χ2n) is 12.9. The van der Waals surface area contributed by atoms with Crippen molar-refractivity contribution in [2.45, 2.75) is 105 Å². The van der Waals surface area contributed by atoms with Crippen molar-refractivity contribution in [3.05, 3.63) is 47.6 Å². The first-order valence-electron chi connectivity index (χ1n) is 14.1. The summed E-state index contributed by atoms with van der Waals surface area (Å²) in [7, 11) is -4.58. The standard InChI is InChI=1S/C31H48O6S/c1-21(11-13-24-19-25(32)14-15-27(24)33)9-7-10-23(3)28(37-38(34,35)36)20-26-22(2)12-16-29-30(4,5)17-8-18-31(26,29)6/h11,14-15,19,23,26,28-29,32-33H,2,7-10,12-13,16-18,20H2,1,3-6H3,(H,34,35,36). The second-order valence-corrected chi connectivity index (χ2v) is 13.9. The van der Waals surface area contributed by atoms with Gasteiger partial charge in [-0.2, -0.15) is 8.42 Å². The molecule has 7 heteroatoms. The Morgan fingerprint density at radius 2 is 1.95 bits per heavy atom. The minimum atomic E-state index is -4.58. The largest absolute Gasteiger partial charge is 0.508 e.